The lowest BCUT2D eigenvalue weighted by Gasteiger charge is -2.41. The van der Waals surface area contributed by atoms with Gasteiger partial charge in [0.15, 0.2) is 0 Å². The molecule has 0 N–H and O–H groups in total. The Morgan fingerprint density at radius 3 is 2.19 bits per heavy atom. The van der Waals surface area contributed by atoms with Gasteiger partial charge in [0.1, 0.15) is 0 Å². The van der Waals surface area contributed by atoms with Gasteiger partial charge in [-0.3, -0.25) is 0 Å². The Bertz CT molecular complexity index is 270. The zero-order chi connectivity index (χ0) is 11.7. The highest BCUT2D eigenvalue weighted by Gasteiger charge is 2.34. The van der Waals surface area contributed by atoms with Crippen molar-refractivity contribution in [1.82, 2.24) is 0 Å². The standard InChI is InChI=1S/C16H28/c1-11(2)14-10-9-13-7-5-6-8-15(13)16(14)12(3)4/h11-13,15H,5-10H2,1-4H3. The van der Waals surface area contributed by atoms with Crippen LogP contribution in [0.1, 0.15) is 66.2 Å². The van der Waals surface area contributed by atoms with E-state index in [0.29, 0.717) is 0 Å². The van der Waals surface area contributed by atoms with Crippen LogP contribution in [0.4, 0.5) is 0 Å². The summed E-state index contributed by atoms with van der Waals surface area (Å²) in [5.74, 6) is 3.55. The van der Waals surface area contributed by atoms with E-state index in [-0.39, 0.29) is 0 Å². The maximum atomic E-state index is 2.41. The maximum Gasteiger partial charge on any atom is -0.0169 e. The van der Waals surface area contributed by atoms with E-state index in [2.05, 4.69) is 27.7 Å². The van der Waals surface area contributed by atoms with Crippen LogP contribution >= 0.6 is 0 Å². The van der Waals surface area contributed by atoms with Crippen LogP contribution in [0, 0.1) is 23.7 Å². The second-order valence-corrected chi connectivity index (χ2v) is 6.48. The molecule has 2 aliphatic carbocycles. The molecule has 1 saturated carbocycles. The molecule has 0 heteroatoms. The van der Waals surface area contributed by atoms with Crippen LogP contribution in [-0.2, 0) is 0 Å². The third kappa shape index (κ3) is 2.21. The van der Waals surface area contributed by atoms with Crippen LogP contribution < -0.4 is 0 Å². The highest BCUT2D eigenvalue weighted by molar-refractivity contribution is 5.25. The van der Waals surface area contributed by atoms with Crippen LogP contribution in [0.5, 0.6) is 0 Å². The Kier molecular flexibility index (Phi) is 3.77. The average molecular weight is 220 g/mol. The van der Waals surface area contributed by atoms with Gasteiger partial charge in [-0.2, -0.15) is 0 Å². The predicted octanol–water partition coefficient (Wildman–Crippen LogP) is 5.20. The van der Waals surface area contributed by atoms with E-state index in [1.165, 1.54) is 38.5 Å². The quantitative estimate of drug-likeness (QED) is 0.561. The Labute approximate surface area is 102 Å². The molecular formula is C16H28. The second-order valence-electron chi connectivity index (χ2n) is 6.48. The fourth-order valence-electron chi connectivity index (χ4n) is 4.11. The molecule has 0 aromatic rings. The average Bonchev–Trinajstić information content (AvgIpc) is 2.27. The van der Waals surface area contributed by atoms with Crippen molar-refractivity contribution >= 4 is 0 Å². The molecule has 0 spiro atoms. The van der Waals surface area contributed by atoms with Crippen LogP contribution in [0.25, 0.3) is 0 Å². The summed E-state index contributed by atoms with van der Waals surface area (Å²) < 4.78 is 0. The van der Waals surface area contributed by atoms with Crippen molar-refractivity contribution in [1.29, 1.82) is 0 Å². The topological polar surface area (TPSA) is 0 Å². The van der Waals surface area contributed by atoms with Gasteiger partial charge in [0, 0.05) is 0 Å². The molecule has 92 valence electrons. The van der Waals surface area contributed by atoms with Gasteiger partial charge in [-0.05, 0) is 49.4 Å². The fourth-order valence-corrected chi connectivity index (χ4v) is 4.11. The van der Waals surface area contributed by atoms with Crippen LogP contribution in [-0.4, -0.2) is 0 Å². The lowest BCUT2D eigenvalue weighted by molar-refractivity contribution is 0.223. The Balaban J connectivity index is 2.31. The van der Waals surface area contributed by atoms with Crippen LogP contribution in [0.2, 0.25) is 0 Å². The minimum atomic E-state index is 0.778. The summed E-state index contributed by atoms with van der Waals surface area (Å²) in [5.41, 5.74) is 3.68. The highest BCUT2D eigenvalue weighted by Crippen LogP contribution is 2.47. The lowest BCUT2D eigenvalue weighted by atomic mass is 9.64. The first-order valence-electron chi connectivity index (χ1n) is 7.34. The Hall–Kier alpha value is -0.260. The zero-order valence-corrected chi connectivity index (χ0v) is 11.6. The predicted molar refractivity (Wildman–Crippen MR) is 71.4 cm³/mol. The van der Waals surface area contributed by atoms with Gasteiger partial charge in [-0.1, -0.05) is 51.7 Å². The summed E-state index contributed by atoms with van der Waals surface area (Å²) in [6.45, 7) is 9.60. The molecule has 0 aromatic carbocycles. The smallest absolute Gasteiger partial charge is 0.0169 e. The molecule has 2 unspecified atom stereocenters. The first-order valence-corrected chi connectivity index (χ1v) is 7.34. The van der Waals surface area contributed by atoms with Crippen molar-refractivity contribution in [3.8, 4) is 0 Å². The molecule has 2 aliphatic rings. The Morgan fingerprint density at radius 2 is 1.56 bits per heavy atom. The Morgan fingerprint density at radius 1 is 0.875 bits per heavy atom. The number of fused-ring (bicyclic) bond motifs is 1. The third-order valence-corrected chi connectivity index (χ3v) is 4.78. The molecule has 0 saturated heterocycles. The number of hydrogen-bond acceptors (Lipinski definition) is 0. The minimum absolute atomic E-state index is 0.778. The van der Waals surface area contributed by atoms with Crippen molar-refractivity contribution in [2.45, 2.75) is 66.2 Å². The van der Waals surface area contributed by atoms with Gasteiger partial charge in [0.2, 0.25) is 0 Å². The summed E-state index contributed by atoms with van der Waals surface area (Å²) in [4.78, 5) is 0. The first-order chi connectivity index (χ1) is 7.61. The highest BCUT2D eigenvalue weighted by atomic mass is 14.4. The van der Waals surface area contributed by atoms with Gasteiger partial charge in [0.05, 0.1) is 0 Å². The van der Waals surface area contributed by atoms with Gasteiger partial charge >= 0.3 is 0 Å². The van der Waals surface area contributed by atoms with Gasteiger partial charge in [-0.15, -0.1) is 0 Å². The molecule has 0 nitrogen and oxygen atoms in total. The van der Waals surface area contributed by atoms with E-state index in [1.54, 1.807) is 0 Å². The molecule has 16 heavy (non-hydrogen) atoms. The molecule has 1 fully saturated rings. The monoisotopic (exact) mass is 220 g/mol. The summed E-state index contributed by atoms with van der Waals surface area (Å²) in [6, 6.07) is 0. The molecule has 2 rings (SSSR count). The van der Waals surface area contributed by atoms with E-state index in [9.17, 15) is 0 Å². The summed E-state index contributed by atoms with van der Waals surface area (Å²) in [6.07, 6.45) is 8.83. The molecule has 0 radical (unpaired) electrons. The maximum absolute atomic E-state index is 2.41. The molecule has 0 aliphatic heterocycles. The molecule has 0 aromatic heterocycles. The summed E-state index contributed by atoms with van der Waals surface area (Å²) in [7, 11) is 0. The largest absolute Gasteiger partial charge is 0.0679 e. The van der Waals surface area contributed by atoms with E-state index >= 15 is 0 Å². The van der Waals surface area contributed by atoms with Gasteiger partial charge in [-0.25, -0.2) is 0 Å². The van der Waals surface area contributed by atoms with Crippen molar-refractivity contribution in [2.75, 3.05) is 0 Å². The number of hydrogen-bond donors (Lipinski definition) is 0. The molecule has 0 heterocycles. The minimum Gasteiger partial charge on any atom is -0.0679 e. The molecule has 0 bridgehead atoms. The second kappa shape index (κ2) is 4.94. The van der Waals surface area contributed by atoms with Crippen LogP contribution in [0.15, 0.2) is 11.1 Å². The van der Waals surface area contributed by atoms with Crippen molar-refractivity contribution in [3.63, 3.8) is 0 Å². The summed E-state index contributed by atoms with van der Waals surface area (Å²) in [5, 5.41) is 0. The van der Waals surface area contributed by atoms with E-state index < -0.39 is 0 Å². The van der Waals surface area contributed by atoms with Gasteiger partial charge in [0.25, 0.3) is 0 Å². The molecular weight excluding hydrogens is 192 g/mol. The van der Waals surface area contributed by atoms with Gasteiger partial charge < -0.3 is 0 Å². The van der Waals surface area contributed by atoms with Crippen LogP contribution in [0.3, 0.4) is 0 Å². The number of rotatable bonds is 2. The van der Waals surface area contributed by atoms with E-state index in [1.807, 2.05) is 11.1 Å². The third-order valence-electron chi connectivity index (χ3n) is 4.78. The molecule has 2 atom stereocenters. The summed E-state index contributed by atoms with van der Waals surface area (Å²) >= 11 is 0. The fraction of sp³-hybridized carbons (Fsp3) is 0.875. The van der Waals surface area contributed by atoms with Crippen molar-refractivity contribution < 1.29 is 0 Å². The lowest BCUT2D eigenvalue weighted by Crippen LogP contribution is -2.29. The van der Waals surface area contributed by atoms with E-state index in [0.717, 1.165) is 23.7 Å². The van der Waals surface area contributed by atoms with E-state index in [4.69, 9.17) is 0 Å². The first kappa shape index (κ1) is 12.2. The number of allylic oxidation sites excluding steroid dienone is 2. The van der Waals surface area contributed by atoms with Crippen molar-refractivity contribution in [2.24, 2.45) is 23.7 Å². The van der Waals surface area contributed by atoms with Crippen molar-refractivity contribution in [3.05, 3.63) is 11.1 Å². The molecule has 0 amide bonds. The normalized spacial score (nSPS) is 31.1. The SMILES string of the molecule is CC(C)C1=C(C(C)C)C2CCCCC2CC1. The zero-order valence-electron chi connectivity index (χ0n) is 11.6.